The van der Waals surface area contributed by atoms with E-state index in [1.54, 1.807) is 23.6 Å². The van der Waals surface area contributed by atoms with E-state index in [1.165, 1.54) is 6.07 Å². The summed E-state index contributed by atoms with van der Waals surface area (Å²) in [4.78, 5) is 41.7. The molecule has 0 atom stereocenters. The predicted molar refractivity (Wildman–Crippen MR) is 106 cm³/mol. The van der Waals surface area contributed by atoms with Gasteiger partial charge in [0.1, 0.15) is 0 Å². The highest BCUT2D eigenvalue weighted by atomic mass is 35.5. The zero-order valence-corrected chi connectivity index (χ0v) is 16.2. The maximum atomic E-state index is 12.4. The van der Waals surface area contributed by atoms with Crippen molar-refractivity contribution in [1.82, 2.24) is 9.97 Å². The van der Waals surface area contributed by atoms with Crippen LogP contribution in [-0.4, -0.2) is 32.1 Å². The fourth-order valence-electron chi connectivity index (χ4n) is 2.35. The lowest BCUT2D eigenvalue weighted by atomic mass is 10.1. The second kappa shape index (κ2) is 8.01. The maximum Gasteiger partial charge on any atom is 0.358 e. The summed E-state index contributed by atoms with van der Waals surface area (Å²) >= 11 is 13.0. The zero-order chi connectivity index (χ0) is 20.4. The zero-order valence-electron chi connectivity index (χ0n) is 13.8. The van der Waals surface area contributed by atoms with Gasteiger partial charge in [-0.1, -0.05) is 29.3 Å². The number of aromatic nitrogens is 2. The average molecular weight is 440 g/mol. The van der Waals surface area contributed by atoms with Crippen LogP contribution in [0.1, 0.15) is 16.1 Å². The van der Waals surface area contributed by atoms with Crippen LogP contribution in [0.15, 0.2) is 34.4 Å². The smallest absolute Gasteiger partial charge is 0.358 e. The van der Waals surface area contributed by atoms with Crippen LogP contribution in [0.5, 0.6) is 5.75 Å². The van der Waals surface area contributed by atoms with Crippen LogP contribution in [0, 0.1) is 0 Å². The molecule has 1 aromatic carbocycles. The molecule has 3 aromatic rings. The molecule has 0 aliphatic heterocycles. The molecule has 0 aliphatic carbocycles. The highest BCUT2D eigenvalue weighted by molar-refractivity contribution is 7.14. The van der Waals surface area contributed by atoms with Crippen LogP contribution in [-0.2, 0) is 11.2 Å². The van der Waals surface area contributed by atoms with Crippen LogP contribution in [0.2, 0.25) is 10.0 Å². The molecule has 0 fully saturated rings. The molecule has 0 aliphatic rings. The van der Waals surface area contributed by atoms with Gasteiger partial charge in [-0.2, -0.15) is 0 Å². The number of aromatic amines is 1. The monoisotopic (exact) mass is 439 g/mol. The van der Waals surface area contributed by atoms with Crippen LogP contribution >= 0.6 is 34.5 Å². The second-order valence-electron chi connectivity index (χ2n) is 5.54. The summed E-state index contributed by atoms with van der Waals surface area (Å²) in [6, 6.07) is 6.36. The number of aromatic carboxylic acids is 1. The predicted octanol–water partition coefficient (Wildman–Crippen LogP) is 3.39. The van der Waals surface area contributed by atoms with Gasteiger partial charge in [-0.15, -0.1) is 11.3 Å². The molecule has 144 valence electrons. The van der Waals surface area contributed by atoms with E-state index in [0.717, 1.165) is 11.3 Å². The largest absolute Gasteiger partial charge is 0.501 e. The van der Waals surface area contributed by atoms with Crippen molar-refractivity contribution >= 4 is 52.1 Å². The van der Waals surface area contributed by atoms with Crippen molar-refractivity contribution in [2.45, 2.75) is 6.42 Å². The van der Waals surface area contributed by atoms with Crippen molar-refractivity contribution < 1.29 is 19.8 Å². The van der Waals surface area contributed by atoms with E-state index in [9.17, 15) is 19.5 Å². The van der Waals surface area contributed by atoms with Gasteiger partial charge in [0.05, 0.1) is 17.0 Å². The van der Waals surface area contributed by atoms with Crippen molar-refractivity contribution in [1.29, 1.82) is 0 Å². The molecule has 8 nitrogen and oxygen atoms in total. The number of halogens is 2. The van der Waals surface area contributed by atoms with Crippen molar-refractivity contribution in [3.05, 3.63) is 61.3 Å². The Morgan fingerprint density at radius 1 is 1.25 bits per heavy atom. The van der Waals surface area contributed by atoms with Gasteiger partial charge >= 0.3 is 5.97 Å². The molecule has 0 saturated carbocycles. The first-order valence-corrected chi connectivity index (χ1v) is 9.28. The SMILES string of the molecule is O=C(Cc1ccc(Cl)cc1Cl)Nc1ccsc1-c1nc(C(=O)O)c(O)c(=O)[nH]1. The standard InChI is InChI=1S/C17H11Cl2N3O5S/c18-8-2-1-7(9(19)6-8)5-11(23)20-10-3-4-28-14(10)15-21-12(17(26)27)13(24)16(25)22-15/h1-4,6,24H,5H2,(H,20,23)(H,26,27)(H,21,22,25). The second-order valence-corrected chi connectivity index (χ2v) is 7.30. The summed E-state index contributed by atoms with van der Waals surface area (Å²) in [5, 5.41) is 23.7. The summed E-state index contributed by atoms with van der Waals surface area (Å²) in [6.45, 7) is 0. The van der Waals surface area contributed by atoms with Crippen LogP contribution in [0.3, 0.4) is 0 Å². The number of carbonyl (C=O) groups is 2. The Morgan fingerprint density at radius 2 is 2.00 bits per heavy atom. The van der Waals surface area contributed by atoms with Crippen LogP contribution in [0.4, 0.5) is 5.69 Å². The first-order chi connectivity index (χ1) is 13.3. The number of carboxylic acids is 1. The number of nitrogens with one attached hydrogen (secondary N) is 2. The number of benzene rings is 1. The Bertz CT molecular complexity index is 1140. The number of hydrogen-bond acceptors (Lipinski definition) is 6. The van der Waals surface area contributed by atoms with Gasteiger partial charge in [-0.25, -0.2) is 9.78 Å². The van der Waals surface area contributed by atoms with Crippen molar-refractivity contribution in [3.63, 3.8) is 0 Å². The van der Waals surface area contributed by atoms with Gasteiger partial charge in [0.15, 0.2) is 11.5 Å². The Morgan fingerprint density at radius 3 is 2.68 bits per heavy atom. The highest BCUT2D eigenvalue weighted by Gasteiger charge is 2.20. The summed E-state index contributed by atoms with van der Waals surface area (Å²) in [6.07, 6.45) is -0.0226. The lowest BCUT2D eigenvalue weighted by molar-refractivity contribution is -0.115. The molecule has 1 amide bonds. The van der Waals surface area contributed by atoms with Crippen molar-refractivity contribution in [2.75, 3.05) is 5.32 Å². The molecule has 0 saturated heterocycles. The number of hydrogen-bond donors (Lipinski definition) is 4. The van der Waals surface area contributed by atoms with Crippen molar-refractivity contribution in [3.8, 4) is 16.5 Å². The summed E-state index contributed by atoms with van der Waals surface area (Å²) in [7, 11) is 0. The first kappa shape index (κ1) is 19.9. The number of nitrogens with zero attached hydrogens (tertiary/aromatic N) is 1. The van der Waals surface area contributed by atoms with Crippen LogP contribution in [0.25, 0.3) is 10.7 Å². The van der Waals surface area contributed by atoms with Gasteiger partial charge in [-0.05, 0) is 29.1 Å². The topological polar surface area (TPSA) is 132 Å². The Balaban J connectivity index is 1.87. The fourth-order valence-corrected chi connectivity index (χ4v) is 3.62. The minimum Gasteiger partial charge on any atom is -0.501 e. The van der Waals surface area contributed by atoms with E-state index < -0.39 is 23.0 Å². The van der Waals surface area contributed by atoms with E-state index in [4.69, 9.17) is 28.3 Å². The Labute approximate surface area is 171 Å². The molecule has 0 unspecified atom stereocenters. The summed E-state index contributed by atoms with van der Waals surface area (Å²) in [5.41, 5.74) is -0.881. The van der Waals surface area contributed by atoms with Gasteiger partial charge in [0, 0.05) is 10.0 Å². The average Bonchev–Trinajstić information content (AvgIpc) is 3.07. The van der Waals surface area contributed by atoms with E-state index in [-0.39, 0.29) is 18.2 Å². The minimum absolute atomic E-state index is 0.0226. The number of aromatic hydroxyl groups is 1. The number of H-pyrrole nitrogens is 1. The first-order valence-electron chi connectivity index (χ1n) is 7.64. The summed E-state index contributed by atoms with van der Waals surface area (Å²) < 4.78 is 0. The lowest BCUT2D eigenvalue weighted by Gasteiger charge is -2.08. The Hall–Kier alpha value is -2.88. The minimum atomic E-state index is -1.55. The van der Waals surface area contributed by atoms with Gasteiger partial charge in [0.25, 0.3) is 5.56 Å². The normalized spacial score (nSPS) is 10.6. The quantitative estimate of drug-likeness (QED) is 0.481. The third-order valence-corrected chi connectivity index (χ3v) is 5.13. The number of rotatable bonds is 5. The van der Waals surface area contributed by atoms with Gasteiger partial charge in [0.2, 0.25) is 11.7 Å². The van der Waals surface area contributed by atoms with E-state index >= 15 is 0 Å². The summed E-state index contributed by atoms with van der Waals surface area (Å²) in [5.74, 6) is -3.02. The number of amides is 1. The van der Waals surface area contributed by atoms with Crippen molar-refractivity contribution in [2.24, 2.45) is 0 Å². The van der Waals surface area contributed by atoms with E-state index in [1.807, 2.05) is 0 Å². The molecule has 4 N–H and O–H groups in total. The number of anilines is 1. The number of carboxylic acid groups (broad SMARTS) is 1. The maximum absolute atomic E-state index is 12.4. The molecule has 11 heteroatoms. The molecule has 0 radical (unpaired) electrons. The Kier molecular flexibility index (Phi) is 5.68. The number of carbonyl (C=O) groups excluding carboxylic acids is 1. The molecule has 2 aromatic heterocycles. The van der Waals surface area contributed by atoms with E-state index in [0.29, 0.717) is 26.2 Å². The van der Waals surface area contributed by atoms with Crippen LogP contribution < -0.4 is 10.9 Å². The fraction of sp³-hybridized carbons (Fsp3) is 0.0588. The molecular formula is C17H11Cl2N3O5S. The van der Waals surface area contributed by atoms with E-state index in [2.05, 4.69) is 15.3 Å². The molecule has 0 bridgehead atoms. The van der Waals surface area contributed by atoms with Gasteiger partial charge < -0.3 is 20.5 Å². The lowest BCUT2D eigenvalue weighted by Crippen LogP contribution is -2.17. The molecular weight excluding hydrogens is 429 g/mol. The molecule has 3 rings (SSSR count). The highest BCUT2D eigenvalue weighted by Crippen LogP contribution is 2.32. The van der Waals surface area contributed by atoms with Gasteiger partial charge in [-0.3, -0.25) is 9.59 Å². The third-order valence-electron chi connectivity index (χ3n) is 3.62. The molecule has 2 heterocycles. The molecule has 28 heavy (non-hydrogen) atoms. The third kappa shape index (κ3) is 4.16. The number of thiophene rings is 1. The molecule has 0 spiro atoms.